The molecular weight excluding hydrogens is 286 g/mol. The molecule has 1 heterocycles. The second kappa shape index (κ2) is 5.35. The standard InChI is InChI=1S/C8H11BrF2N4O/c1-12-7-13-2-5(9)6(15-7)14-3-8(10,11)4-16/h2,16H,3-4H2,1H3,(H2,12,13,14,15). The smallest absolute Gasteiger partial charge is 0.287 e. The van der Waals surface area contributed by atoms with E-state index in [2.05, 4.69) is 36.5 Å². The summed E-state index contributed by atoms with van der Waals surface area (Å²) in [7, 11) is 1.62. The van der Waals surface area contributed by atoms with E-state index in [1.54, 1.807) is 7.05 Å². The molecule has 0 spiro atoms. The molecule has 0 aromatic carbocycles. The first-order valence-corrected chi connectivity index (χ1v) is 5.20. The zero-order chi connectivity index (χ0) is 12.2. The number of aliphatic hydroxyl groups is 1. The number of alkyl halides is 2. The quantitative estimate of drug-likeness (QED) is 0.764. The van der Waals surface area contributed by atoms with Crippen molar-refractivity contribution in [3.05, 3.63) is 10.7 Å². The van der Waals surface area contributed by atoms with Crippen LogP contribution in [0.5, 0.6) is 0 Å². The molecule has 0 saturated carbocycles. The van der Waals surface area contributed by atoms with Gasteiger partial charge in [-0.1, -0.05) is 0 Å². The minimum atomic E-state index is -3.18. The molecule has 8 heteroatoms. The monoisotopic (exact) mass is 296 g/mol. The second-order valence-corrected chi connectivity index (χ2v) is 3.86. The highest BCUT2D eigenvalue weighted by molar-refractivity contribution is 9.10. The Morgan fingerprint density at radius 2 is 2.25 bits per heavy atom. The molecule has 90 valence electrons. The maximum Gasteiger partial charge on any atom is 0.287 e. The summed E-state index contributed by atoms with van der Waals surface area (Å²) >= 11 is 3.13. The first-order chi connectivity index (χ1) is 7.48. The van der Waals surface area contributed by atoms with Crippen LogP contribution in [0.15, 0.2) is 10.7 Å². The van der Waals surface area contributed by atoms with Crippen LogP contribution in [0.1, 0.15) is 0 Å². The third-order valence-electron chi connectivity index (χ3n) is 1.71. The van der Waals surface area contributed by atoms with Crippen LogP contribution in [0, 0.1) is 0 Å². The average molecular weight is 297 g/mol. The third-order valence-corrected chi connectivity index (χ3v) is 2.29. The normalized spacial score (nSPS) is 11.3. The molecule has 0 unspecified atom stereocenters. The summed E-state index contributed by atoms with van der Waals surface area (Å²) in [6, 6.07) is 0. The lowest BCUT2D eigenvalue weighted by molar-refractivity contribution is -0.0373. The Balaban J connectivity index is 2.73. The molecule has 0 amide bonds. The van der Waals surface area contributed by atoms with Crippen molar-refractivity contribution in [2.45, 2.75) is 5.92 Å². The Morgan fingerprint density at radius 3 is 2.81 bits per heavy atom. The van der Waals surface area contributed by atoms with Crippen LogP contribution >= 0.6 is 15.9 Å². The molecule has 5 nitrogen and oxygen atoms in total. The van der Waals surface area contributed by atoms with E-state index in [0.29, 0.717) is 10.4 Å². The largest absolute Gasteiger partial charge is 0.390 e. The van der Waals surface area contributed by atoms with Crippen LogP contribution in [0.25, 0.3) is 0 Å². The van der Waals surface area contributed by atoms with Crippen LogP contribution in [0.4, 0.5) is 20.5 Å². The van der Waals surface area contributed by atoms with E-state index in [1.807, 2.05) is 0 Å². The lowest BCUT2D eigenvalue weighted by Crippen LogP contribution is -2.31. The Hall–Kier alpha value is -1.02. The van der Waals surface area contributed by atoms with Crippen LogP contribution in [-0.2, 0) is 0 Å². The summed E-state index contributed by atoms with van der Waals surface area (Å²) in [6.07, 6.45) is 1.44. The summed E-state index contributed by atoms with van der Waals surface area (Å²) in [4.78, 5) is 7.81. The van der Waals surface area contributed by atoms with Crippen LogP contribution in [0.2, 0.25) is 0 Å². The van der Waals surface area contributed by atoms with Crippen molar-refractivity contribution in [1.82, 2.24) is 9.97 Å². The van der Waals surface area contributed by atoms with E-state index in [0.717, 1.165) is 0 Å². The summed E-state index contributed by atoms with van der Waals surface area (Å²) in [5.41, 5.74) is 0. The van der Waals surface area contributed by atoms with Gasteiger partial charge in [0.25, 0.3) is 5.92 Å². The van der Waals surface area contributed by atoms with Crippen molar-refractivity contribution >= 4 is 27.7 Å². The van der Waals surface area contributed by atoms with Gasteiger partial charge >= 0.3 is 0 Å². The number of aromatic nitrogens is 2. The molecule has 1 rings (SSSR count). The van der Waals surface area contributed by atoms with Gasteiger partial charge in [0, 0.05) is 13.2 Å². The van der Waals surface area contributed by atoms with Crippen molar-refractivity contribution < 1.29 is 13.9 Å². The Bertz CT molecular complexity index is 364. The van der Waals surface area contributed by atoms with E-state index >= 15 is 0 Å². The van der Waals surface area contributed by atoms with Crippen molar-refractivity contribution in [1.29, 1.82) is 0 Å². The van der Waals surface area contributed by atoms with Gasteiger partial charge in [-0.3, -0.25) is 0 Å². The molecule has 0 radical (unpaired) electrons. The van der Waals surface area contributed by atoms with Gasteiger partial charge in [-0.2, -0.15) is 4.98 Å². The van der Waals surface area contributed by atoms with Crippen LogP contribution in [0.3, 0.4) is 0 Å². The zero-order valence-corrected chi connectivity index (χ0v) is 10.1. The molecule has 0 bridgehead atoms. The van der Waals surface area contributed by atoms with Gasteiger partial charge < -0.3 is 15.7 Å². The summed E-state index contributed by atoms with van der Waals surface area (Å²) in [6.45, 7) is -1.90. The number of halogens is 3. The molecule has 0 aliphatic heterocycles. The van der Waals surface area contributed by atoms with E-state index < -0.39 is 19.1 Å². The highest BCUT2D eigenvalue weighted by Gasteiger charge is 2.27. The molecule has 1 aromatic heterocycles. The van der Waals surface area contributed by atoms with E-state index in [4.69, 9.17) is 5.11 Å². The van der Waals surface area contributed by atoms with Gasteiger partial charge in [0.2, 0.25) is 5.95 Å². The summed E-state index contributed by atoms with van der Waals surface area (Å²) in [5, 5.41) is 13.5. The third kappa shape index (κ3) is 3.53. The van der Waals surface area contributed by atoms with Gasteiger partial charge in [-0.15, -0.1) is 0 Å². The zero-order valence-electron chi connectivity index (χ0n) is 8.47. The van der Waals surface area contributed by atoms with Gasteiger partial charge in [-0.05, 0) is 15.9 Å². The molecule has 16 heavy (non-hydrogen) atoms. The molecule has 1 aromatic rings. The number of rotatable bonds is 5. The first-order valence-electron chi connectivity index (χ1n) is 4.41. The number of anilines is 2. The Labute approximate surface area is 99.4 Å². The minimum Gasteiger partial charge on any atom is -0.390 e. The fourth-order valence-corrected chi connectivity index (χ4v) is 1.21. The molecule has 0 aliphatic rings. The fourth-order valence-electron chi connectivity index (χ4n) is 0.880. The highest BCUT2D eigenvalue weighted by atomic mass is 79.9. The van der Waals surface area contributed by atoms with E-state index in [9.17, 15) is 8.78 Å². The van der Waals surface area contributed by atoms with Gasteiger partial charge in [0.1, 0.15) is 12.4 Å². The van der Waals surface area contributed by atoms with Crippen molar-refractivity contribution in [3.8, 4) is 0 Å². The predicted octanol–water partition coefficient (Wildman–Crippen LogP) is 1.32. The molecular formula is C8H11BrF2N4O. The van der Waals surface area contributed by atoms with Crippen LogP contribution in [-0.4, -0.2) is 41.2 Å². The highest BCUT2D eigenvalue weighted by Crippen LogP contribution is 2.21. The molecule has 0 saturated heterocycles. The SMILES string of the molecule is CNc1ncc(Br)c(NCC(F)(F)CO)n1. The molecule has 0 fully saturated rings. The van der Waals surface area contributed by atoms with Crippen molar-refractivity contribution in [3.63, 3.8) is 0 Å². The second-order valence-electron chi connectivity index (χ2n) is 3.01. The number of nitrogens with one attached hydrogen (secondary N) is 2. The maximum atomic E-state index is 12.8. The van der Waals surface area contributed by atoms with Crippen molar-refractivity contribution in [2.24, 2.45) is 0 Å². The number of nitrogens with zero attached hydrogens (tertiary/aromatic N) is 2. The topological polar surface area (TPSA) is 70.1 Å². The van der Waals surface area contributed by atoms with Gasteiger partial charge in [0.15, 0.2) is 0 Å². The van der Waals surface area contributed by atoms with Gasteiger partial charge in [-0.25, -0.2) is 13.8 Å². The summed E-state index contributed by atoms with van der Waals surface area (Å²) < 4.78 is 26.0. The number of hydrogen-bond donors (Lipinski definition) is 3. The van der Waals surface area contributed by atoms with E-state index in [-0.39, 0.29) is 5.82 Å². The molecule has 0 aliphatic carbocycles. The molecule has 3 N–H and O–H groups in total. The van der Waals surface area contributed by atoms with Gasteiger partial charge in [0.05, 0.1) is 11.0 Å². The molecule has 0 atom stereocenters. The predicted molar refractivity (Wildman–Crippen MR) is 59.8 cm³/mol. The number of aliphatic hydroxyl groups excluding tert-OH is 1. The fraction of sp³-hybridized carbons (Fsp3) is 0.500. The first kappa shape index (κ1) is 13.0. The van der Waals surface area contributed by atoms with E-state index in [1.165, 1.54) is 6.20 Å². The Morgan fingerprint density at radius 1 is 1.56 bits per heavy atom. The Kier molecular flexibility index (Phi) is 4.36. The van der Waals surface area contributed by atoms with Crippen LogP contribution < -0.4 is 10.6 Å². The average Bonchev–Trinajstić information content (AvgIpc) is 2.28. The van der Waals surface area contributed by atoms with Crippen molar-refractivity contribution in [2.75, 3.05) is 30.8 Å². The summed E-state index contributed by atoms with van der Waals surface area (Å²) in [5.74, 6) is -2.62. The minimum absolute atomic E-state index is 0.243. The lowest BCUT2D eigenvalue weighted by atomic mass is 10.3. The lowest BCUT2D eigenvalue weighted by Gasteiger charge is -2.15. The number of hydrogen-bond acceptors (Lipinski definition) is 5. The maximum absolute atomic E-state index is 12.8.